The zero-order chi connectivity index (χ0) is 20.6. The van der Waals surface area contributed by atoms with Gasteiger partial charge in [0.2, 0.25) is 0 Å². The predicted molar refractivity (Wildman–Crippen MR) is 88.9 cm³/mol. The third-order valence-electron chi connectivity index (χ3n) is 3.75. The lowest BCUT2D eigenvalue weighted by Crippen LogP contribution is -2.48. The largest absolute Gasteiger partial charge is 0.451 e. The first-order chi connectivity index (χ1) is 13.0. The maximum Gasteiger partial charge on any atom is 0.451 e. The number of carbonyl (C=O) groups is 1. The van der Waals surface area contributed by atoms with Crippen LogP contribution in [0, 0.1) is 0 Å². The van der Waals surface area contributed by atoms with Crippen LogP contribution in [-0.2, 0) is 10.9 Å². The summed E-state index contributed by atoms with van der Waals surface area (Å²) < 4.78 is 83.3. The number of rotatable bonds is 3. The minimum absolute atomic E-state index is 0.00866. The molecule has 1 aromatic heterocycles. The molecular formula is C17H10F6N2O2S. The molecule has 1 aliphatic heterocycles. The molecule has 2 aromatic rings. The average molecular weight is 420 g/mol. The van der Waals surface area contributed by atoms with Crippen molar-refractivity contribution in [1.29, 1.82) is 0 Å². The van der Waals surface area contributed by atoms with Crippen molar-refractivity contribution >= 4 is 22.8 Å². The van der Waals surface area contributed by atoms with Gasteiger partial charge in [0.25, 0.3) is 0 Å². The molecule has 0 aliphatic carbocycles. The Balaban J connectivity index is 1.88. The second-order valence-electron chi connectivity index (χ2n) is 5.69. The Hall–Kier alpha value is -2.56. The van der Waals surface area contributed by atoms with Crippen LogP contribution in [0.3, 0.4) is 0 Å². The molecule has 4 nitrogen and oxygen atoms in total. The van der Waals surface area contributed by atoms with Crippen molar-refractivity contribution in [1.82, 2.24) is 4.98 Å². The molecule has 3 rings (SSSR count). The molecule has 0 fully saturated rings. The van der Waals surface area contributed by atoms with Crippen molar-refractivity contribution in [2.45, 2.75) is 18.1 Å². The summed E-state index contributed by atoms with van der Waals surface area (Å²) in [5, 5.41) is -0.00866. The fourth-order valence-corrected chi connectivity index (χ4v) is 3.41. The van der Waals surface area contributed by atoms with Crippen molar-refractivity contribution in [3.8, 4) is 0 Å². The maximum absolute atomic E-state index is 13.6. The number of aromatic nitrogens is 1. The Kier molecular flexibility index (Phi) is 5.13. The van der Waals surface area contributed by atoms with Crippen LogP contribution in [0.25, 0.3) is 0 Å². The molecule has 0 spiro atoms. The topological polar surface area (TPSA) is 51.5 Å². The molecule has 0 bridgehead atoms. The quantitative estimate of drug-likeness (QED) is 0.533. The molecule has 0 amide bonds. The van der Waals surface area contributed by atoms with Gasteiger partial charge in [-0.3, -0.25) is 4.98 Å². The summed E-state index contributed by atoms with van der Waals surface area (Å²) in [4.78, 5) is 19.5. The van der Waals surface area contributed by atoms with Crippen LogP contribution < -0.4 is 0 Å². The van der Waals surface area contributed by atoms with Gasteiger partial charge in [0, 0.05) is 18.0 Å². The van der Waals surface area contributed by atoms with E-state index in [0.717, 1.165) is 23.9 Å². The molecular weight excluding hydrogens is 410 g/mol. The molecule has 1 unspecified atom stereocenters. The Morgan fingerprint density at radius 1 is 1.07 bits per heavy atom. The number of hydrogen-bond acceptors (Lipinski definition) is 5. The maximum atomic E-state index is 13.6. The highest BCUT2D eigenvalue weighted by Gasteiger charge is 2.61. The van der Waals surface area contributed by atoms with Gasteiger partial charge in [-0.25, -0.2) is 9.79 Å². The number of pyridine rings is 1. The number of esters is 1. The summed E-state index contributed by atoms with van der Waals surface area (Å²) in [5.41, 5.74) is -4.30. The van der Waals surface area contributed by atoms with Gasteiger partial charge in [-0.15, -0.1) is 0 Å². The molecule has 0 saturated heterocycles. The first kappa shape index (κ1) is 20.2. The highest BCUT2D eigenvalue weighted by molar-refractivity contribution is 8.14. The lowest BCUT2D eigenvalue weighted by Gasteiger charge is -2.27. The summed E-state index contributed by atoms with van der Waals surface area (Å²) in [7, 11) is 0. The highest BCUT2D eigenvalue weighted by atomic mass is 32.2. The number of thioether (sulfide) groups is 1. The van der Waals surface area contributed by atoms with Crippen molar-refractivity contribution in [2.24, 2.45) is 4.99 Å². The predicted octanol–water partition coefficient (Wildman–Crippen LogP) is 4.71. The third-order valence-corrected chi connectivity index (χ3v) is 4.88. The van der Waals surface area contributed by atoms with Crippen LogP contribution in [0.15, 0.2) is 53.8 Å². The molecule has 0 N–H and O–H groups in total. The third kappa shape index (κ3) is 3.98. The Labute approximate surface area is 158 Å². The van der Waals surface area contributed by atoms with Gasteiger partial charge in [-0.2, -0.15) is 26.3 Å². The molecule has 148 valence electrons. The van der Waals surface area contributed by atoms with Gasteiger partial charge < -0.3 is 4.74 Å². The van der Waals surface area contributed by atoms with E-state index in [1.54, 1.807) is 0 Å². The van der Waals surface area contributed by atoms with Crippen LogP contribution in [0.2, 0.25) is 0 Å². The molecule has 2 heterocycles. The summed E-state index contributed by atoms with van der Waals surface area (Å²) >= 11 is 0.736. The van der Waals surface area contributed by atoms with Gasteiger partial charge in [0.05, 0.1) is 16.9 Å². The second-order valence-corrected chi connectivity index (χ2v) is 6.66. The van der Waals surface area contributed by atoms with E-state index in [-0.39, 0.29) is 5.04 Å². The zero-order valence-electron chi connectivity index (χ0n) is 13.7. The Morgan fingerprint density at radius 2 is 1.75 bits per heavy atom. The van der Waals surface area contributed by atoms with Gasteiger partial charge in [0.1, 0.15) is 5.04 Å². The molecule has 28 heavy (non-hydrogen) atoms. The lowest BCUT2D eigenvalue weighted by molar-refractivity contribution is -0.245. The number of ether oxygens (including phenoxy) is 1. The first-order valence-corrected chi connectivity index (χ1v) is 8.61. The number of nitrogens with zero attached hydrogens (tertiary/aromatic N) is 2. The van der Waals surface area contributed by atoms with Crippen LogP contribution in [0.4, 0.5) is 26.3 Å². The molecule has 1 aliphatic rings. The highest BCUT2D eigenvalue weighted by Crippen LogP contribution is 2.44. The molecule has 1 aromatic carbocycles. The van der Waals surface area contributed by atoms with Crippen LogP contribution in [0.1, 0.15) is 21.5 Å². The molecule has 1 atom stereocenters. The molecule has 0 saturated carbocycles. The minimum atomic E-state index is -5.02. The first-order valence-electron chi connectivity index (χ1n) is 7.62. The van der Waals surface area contributed by atoms with Gasteiger partial charge in [-0.1, -0.05) is 11.8 Å². The fraction of sp³-hybridized carbons (Fsp3) is 0.235. The average Bonchev–Trinajstić information content (AvgIpc) is 3.07. The monoisotopic (exact) mass is 420 g/mol. The number of aliphatic imine (C=N–C) groups is 1. The number of hydrogen-bond donors (Lipinski definition) is 0. The second kappa shape index (κ2) is 7.12. The smallest absolute Gasteiger partial charge is 0.422 e. The van der Waals surface area contributed by atoms with E-state index >= 15 is 0 Å². The number of benzene rings is 1. The van der Waals surface area contributed by atoms with Gasteiger partial charge in [0.15, 0.2) is 0 Å². The van der Waals surface area contributed by atoms with E-state index in [0.29, 0.717) is 17.7 Å². The molecule has 0 radical (unpaired) electrons. The standard InChI is InChI=1S/C17H10F6N2O2S/c18-16(19,20)12-5-3-10(4-6-12)14(26)27-15(17(21,22)23)9-28-13(25-15)11-2-1-7-24-8-11/h1-8H,9H2. The Morgan fingerprint density at radius 3 is 2.29 bits per heavy atom. The van der Waals surface area contributed by atoms with Crippen molar-refractivity contribution in [3.63, 3.8) is 0 Å². The van der Waals surface area contributed by atoms with E-state index < -0.39 is 40.9 Å². The van der Waals surface area contributed by atoms with Gasteiger partial charge in [-0.05, 0) is 36.4 Å². The van der Waals surface area contributed by atoms with E-state index in [4.69, 9.17) is 0 Å². The number of alkyl halides is 6. The van der Waals surface area contributed by atoms with E-state index in [2.05, 4.69) is 14.7 Å². The Bertz CT molecular complexity index is 897. The normalized spacial score (nSPS) is 20.0. The molecule has 11 heteroatoms. The van der Waals surface area contributed by atoms with Crippen molar-refractivity contribution in [3.05, 3.63) is 65.5 Å². The van der Waals surface area contributed by atoms with E-state index in [1.807, 2.05) is 0 Å². The summed E-state index contributed by atoms with van der Waals surface area (Å²) in [5.74, 6) is -2.14. The van der Waals surface area contributed by atoms with E-state index in [1.165, 1.54) is 24.5 Å². The summed E-state index contributed by atoms with van der Waals surface area (Å²) in [6.07, 6.45) is -6.91. The number of carbonyl (C=O) groups excluding carboxylic acids is 1. The van der Waals surface area contributed by atoms with Crippen LogP contribution in [-0.4, -0.2) is 33.7 Å². The van der Waals surface area contributed by atoms with Crippen LogP contribution >= 0.6 is 11.8 Å². The lowest BCUT2D eigenvalue weighted by atomic mass is 10.1. The summed E-state index contributed by atoms with van der Waals surface area (Å²) in [6, 6.07) is 5.70. The SMILES string of the molecule is O=C(OC1(C(F)(F)F)CSC(c2cccnc2)=N1)c1ccc(C(F)(F)F)cc1. The van der Waals surface area contributed by atoms with Crippen LogP contribution in [0.5, 0.6) is 0 Å². The van der Waals surface area contributed by atoms with Crippen molar-refractivity contribution < 1.29 is 35.9 Å². The summed E-state index contributed by atoms with van der Waals surface area (Å²) in [6.45, 7) is 0. The number of halogens is 6. The van der Waals surface area contributed by atoms with E-state index in [9.17, 15) is 31.1 Å². The van der Waals surface area contributed by atoms with Crippen molar-refractivity contribution in [2.75, 3.05) is 5.75 Å². The van der Waals surface area contributed by atoms with Gasteiger partial charge >= 0.3 is 24.0 Å². The zero-order valence-corrected chi connectivity index (χ0v) is 14.5. The minimum Gasteiger partial charge on any atom is -0.422 e. The fourth-order valence-electron chi connectivity index (χ4n) is 2.29.